The van der Waals surface area contributed by atoms with Gasteiger partial charge in [-0.05, 0) is 6.42 Å². The fourth-order valence-corrected chi connectivity index (χ4v) is 3.57. The van der Waals surface area contributed by atoms with Crippen LogP contribution in [0.3, 0.4) is 0 Å². The highest BCUT2D eigenvalue weighted by atomic mass is 32.2. The van der Waals surface area contributed by atoms with Gasteiger partial charge in [-0.3, -0.25) is 4.79 Å². The molecule has 1 saturated heterocycles. The third-order valence-electron chi connectivity index (χ3n) is 2.61. The average molecular weight is 235 g/mol. The van der Waals surface area contributed by atoms with Crippen molar-refractivity contribution in [1.29, 1.82) is 0 Å². The summed E-state index contributed by atoms with van der Waals surface area (Å²) in [5.41, 5.74) is 0. The zero-order valence-corrected chi connectivity index (χ0v) is 9.66. The number of hydrogen-bond donors (Lipinski definition) is 1. The number of hydrogen-bond acceptors (Lipinski definition) is 4. The van der Waals surface area contributed by atoms with Crippen molar-refractivity contribution in [2.75, 3.05) is 24.7 Å². The van der Waals surface area contributed by atoms with E-state index in [1.165, 1.54) is 4.90 Å². The first-order chi connectivity index (χ1) is 7.00. The van der Waals surface area contributed by atoms with Gasteiger partial charge in [0.25, 0.3) is 0 Å². The van der Waals surface area contributed by atoms with Gasteiger partial charge in [0.2, 0.25) is 5.91 Å². The Bertz CT molecular complexity index is 325. The summed E-state index contributed by atoms with van der Waals surface area (Å²) in [7, 11) is -2.98. The highest BCUT2D eigenvalue weighted by Crippen LogP contribution is 2.18. The predicted molar refractivity (Wildman–Crippen MR) is 56.1 cm³/mol. The lowest BCUT2D eigenvalue weighted by Gasteiger charge is -2.27. The van der Waals surface area contributed by atoms with Gasteiger partial charge in [0.1, 0.15) is 0 Å². The van der Waals surface area contributed by atoms with E-state index in [0.29, 0.717) is 12.8 Å². The van der Waals surface area contributed by atoms with Crippen molar-refractivity contribution in [3.63, 3.8) is 0 Å². The summed E-state index contributed by atoms with van der Waals surface area (Å²) in [6, 6.07) is -0.241. The van der Waals surface area contributed by atoms with Crippen LogP contribution >= 0.6 is 0 Å². The minimum absolute atomic E-state index is 0.0404. The molecule has 1 fully saturated rings. The van der Waals surface area contributed by atoms with E-state index in [1.807, 2.05) is 0 Å². The Hall–Kier alpha value is -0.620. The molecule has 0 spiro atoms. The van der Waals surface area contributed by atoms with Crippen molar-refractivity contribution in [3.05, 3.63) is 0 Å². The molecule has 0 saturated carbocycles. The molecule has 1 N–H and O–H groups in total. The van der Waals surface area contributed by atoms with Crippen LogP contribution < -0.4 is 0 Å². The van der Waals surface area contributed by atoms with Crippen LogP contribution in [0, 0.1) is 0 Å². The summed E-state index contributed by atoms with van der Waals surface area (Å²) in [6.07, 6.45) is 0.838. The summed E-state index contributed by atoms with van der Waals surface area (Å²) in [6.45, 7) is 1.84. The lowest BCUT2D eigenvalue weighted by Crippen LogP contribution is -2.42. The molecule has 0 aromatic heterocycles. The molecule has 1 atom stereocenters. The van der Waals surface area contributed by atoms with Crippen LogP contribution in [0.4, 0.5) is 0 Å². The summed E-state index contributed by atoms with van der Waals surface area (Å²) in [5.74, 6) is 0.0983. The van der Waals surface area contributed by atoms with Crippen LogP contribution in [0.5, 0.6) is 0 Å². The van der Waals surface area contributed by atoms with Crippen molar-refractivity contribution in [2.45, 2.75) is 25.8 Å². The lowest BCUT2D eigenvalue weighted by atomic mass is 10.2. The van der Waals surface area contributed by atoms with Crippen LogP contribution in [0.2, 0.25) is 0 Å². The molecule has 88 valence electrons. The smallest absolute Gasteiger partial charge is 0.222 e. The molecule has 1 rings (SSSR count). The van der Waals surface area contributed by atoms with Gasteiger partial charge >= 0.3 is 0 Å². The second-order valence-corrected chi connectivity index (χ2v) is 5.95. The molecule has 1 amide bonds. The van der Waals surface area contributed by atoms with Gasteiger partial charge in [0, 0.05) is 19.0 Å². The Kier molecular flexibility index (Phi) is 4.10. The number of carbonyl (C=O) groups excluding carboxylic acids is 1. The van der Waals surface area contributed by atoms with E-state index in [1.54, 1.807) is 6.92 Å². The Labute approximate surface area is 90.0 Å². The summed E-state index contributed by atoms with van der Waals surface area (Å²) >= 11 is 0. The molecule has 15 heavy (non-hydrogen) atoms. The highest BCUT2D eigenvalue weighted by molar-refractivity contribution is 7.91. The van der Waals surface area contributed by atoms with E-state index in [9.17, 15) is 13.2 Å². The van der Waals surface area contributed by atoms with Gasteiger partial charge < -0.3 is 10.0 Å². The second-order valence-electron chi connectivity index (χ2n) is 3.72. The van der Waals surface area contributed by atoms with Crippen molar-refractivity contribution < 1.29 is 18.3 Å². The van der Waals surface area contributed by atoms with E-state index >= 15 is 0 Å². The molecular formula is C9H17NO4S. The number of aliphatic hydroxyl groups excluding tert-OH is 1. The van der Waals surface area contributed by atoms with Crippen LogP contribution in [0.1, 0.15) is 19.8 Å². The molecule has 1 heterocycles. The summed E-state index contributed by atoms with van der Waals surface area (Å²) in [4.78, 5) is 13.0. The maximum atomic E-state index is 11.5. The van der Waals surface area contributed by atoms with Gasteiger partial charge in [-0.25, -0.2) is 8.42 Å². The lowest BCUT2D eigenvalue weighted by molar-refractivity contribution is -0.133. The molecule has 0 aliphatic carbocycles. The molecule has 0 bridgehead atoms. The van der Waals surface area contributed by atoms with Crippen LogP contribution in [-0.4, -0.2) is 55.0 Å². The first-order valence-corrected chi connectivity index (χ1v) is 6.93. The molecule has 0 aromatic rings. The number of nitrogens with zero attached hydrogens (tertiary/aromatic N) is 1. The Morgan fingerprint density at radius 1 is 1.53 bits per heavy atom. The van der Waals surface area contributed by atoms with Crippen molar-refractivity contribution in [3.8, 4) is 0 Å². The van der Waals surface area contributed by atoms with E-state index < -0.39 is 9.84 Å². The third kappa shape index (κ3) is 3.17. The number of rotatable bonds is 4. The first-order valence-electron chi connectivity index (χ1n) is 5.11. The van der Waals surface area contributed by atoms with E-state index in [2.05, 4.69) is 0 Å². The number of amides is 1. The minimum Gasteiger partial charge on any atom is -0.395 e. The minimum atomic E-state index is -2.98. The van der Waals surface area contributed by atoms with Gasteiger partial charge in [0.05, 0.1) is 18.1 Å². The topological polar surface area (TPSA) is 74.7 Å². The van der Waals surface area contributed by atoms with Gasteiger partial charge in [-0.1, -0.05) is 6.92 Å². The average Bonchev–Trinajstić information content (AvgIpc) is 2.54. The summed E-state index contributed by atoms with van der Waals surface area (Å²) in [5, 5.41) is 8.83. The normalized spacial score (nSPS) is 24.0. The van der Waals surface area contributed by atoms with E-state index in [-0.39, 0.29) is 36.6 Å². The van der Waals surface area contributed by atoms with Crippen LogP contribution in [-0.2, 0) is 14.6 Å². The number of carbonyl (C=O) groups is 1. The standard InChI is InChI=1S/C9H17NO4S/c1-2-9(12)10(4-5-11)8-3-6-15(13,14)7-8/h8,11H,2-7H2,1H3. The van der Waals surface area contributed by atoms with Crippen molar-refractivity contribution >= 4 is 15.7 Å². The van der Waals surface area contributed by atoms with Crippen LogP contribution in [0.15, 0.2) is 0 Å². The summed E-state index contributed by atoms with van der Waals surface area (Å²) < 4.78 is 22.5. The Balaban J connectivity index is 2.69. The molecule has 1 unspecified atom stereocenters. The second kappa shape index (κ2) is 4.94. The molecule has 0 radical (unpaired) electrons. The van der Waals surface area contributed by atoms with Gasteiger partial charge in [0.15, 0.2) is 9.84 Å². The zero-order chi connectivity index (χ0) is 11.5. The van der Waals surface area contributed by atoms with E-state index in [0.717, 1.165) is 0 Å². The van der Waals surface area contributed by atoms with Gasteiger partial charge in [-0.2, -0.15) is 0 Å². The molecule has 6 heteroatoms. The molecule has 0 aromatic carbocycles. The van der Waals surface area contributed by atoms with Crippen LogP contribution in [0.25, 0.3) is 0 Å². The maximum Gasteiger partial charge on any atom is 0.222 e. The third-order valence-corrected chi connectivity index (χ3v) is 4.36. The quantitative estimate of drug-likeness (QED) is 0.706. The Morgan fingerprint density at radius 2 is 2.20 bits per heavy atom. The Morgan fingerprint density at radius 3 is 2.60 bits per heavy atom. The maximum absolute atomic E-state index is 11.5. The highest BCUT2D eigenvalue weighted by Gasteiger charge is 2.33. The van der Waals surface area contributed by atoms with Crippen molar-refractivity contribution in [2.24, 2.45) is 0 Å². The fraction of sp³-hybridized carbons (Fsp3) is 0.889. The SMILES string of the molecule is CCC(=O)N(CCO)C1CCS(=O)(=O)C1. The fourth-order valence-electron chi connectivity index (χ4n) is 1.84. The number of aliphatic hydroxyl groups is 1. The molecule has 1 aliphatic rings. The zero-order valence-electron chi connectivity index (χ0n) is 8.85. The number of sulfone groups is 1. The van der Waals surface area contributed by atoms with E-state index in [4.69, 9.17) is 5.11 Å². The molecule has 5 nitrogen and oxygen atoms in total. The van der Waals surface area contributed by atoms with Gasteiger partial charge in [-0.15, -0.1) is 0 Å². The molecular weight excluding hydrogens is 218 g/mol. The van der Waals surface area contributed by atoms with Crippen molar-refractivity contribution in [1.82, 2.24) is 4.90 Å². The predicted octanol–water partition coefficient (Wildman–Crippen LogP) is -0.596. The monoisotopic (exact) mass is 235 g/mol. The largest absolute Gasteiger partial charge is 0.395 e. The first kappa shape index (κ1) is 12.4. The molecule has 1 aliphatic heterocycles.